The molecule has 0 saturated carbocycles. The van der Waals surface area contributed by atoms with Crippen LogP contribution in [-0.4, -0.2) is 31.4 Å². The Morgan fingerprint density at radius 3 is 2.38 bits per heavy atom. The Kier molecular flexibility index (Phi) is 6.58. The molecule has 148 valence electrons. The van der Waals surface area contributed by atoms with E-state index in [1.165, 1.54) is 7.11 Å². The van der Waals surface area contributed by atoms with E-state index in [2.05, 4.69) is 15.4 Å². The summed E-state index contributed by atoms with van der Waals surface area (Å²) >= 11 is 0. The number of benzene rings is 3. The van der Waals surface area contributed by atoms with Gasteiger partial charge in [0, 0.05) is 18.5 Å². The van der Waals surface area contributed by atoms with Crippen LogP contribution in [0.15, 0.2) is 66.7 Å². The molecule has 6 nitrogen and oxygen atoms in total. The van der Waals surface area contributed by atoms with Crippen LogP contribution in [0, 0.1) is 0 Å². The lowest BCUT2D eigenvalue weighted by atomic mass is 10.1. The molecule has 3 rings (SSSR count). The van der Waals surface area contributed by atoms with Gasteiger partial charge >= 0.3 is 5.97 Å². The van der Waals surface area contributed by atoms with Crippen LogP contribution in [0.25, 0.3) is 10.8 Å². The summed E-state index contributed by atoms with van der Waals surface area (Å²) in [5, 5.41) is 7.60. The maximum Gasteiger partial charge on any atom is 0.305 e. The van der Waals surface area contributed by atoms with Gasteiger partial charge in [-0.3, -0.25) is 14.4 Å². The van der Waals surface area contributed by atoms with Gasteiger partial charge in [0.15, 0.2) is 0 Å². The lowest BCUT2D eigenvalue weighted by molar-refractivity contribution is -0.140. The van der Waals surface area contributed by atoms with Crippen molar-refractivity contribution in [3.63, 3.8) is 0 Å². The van der Waals surface area contributed by atoms with E-state index in [9.17, 15) is 14.4 Å². The van der Waals surface area contributed by atoms with Gasteiger partial charge < -0.3 is 15.4 Å². The lowest BCUT2D eigenvalue weighted by Crippen LogP contribution is -2.26. The van der Waals surface area contributed by atoms with E-state index in [0.717, 1.165) is 10.8 Å². The molecule has 2 N–H and O–H groups in total. The predicted octanol–water partition coefficient (Wildman–Crippen LogP) is 3.78. The largest absolute Gasteiger partial charge is 0.469 e. The van der Waals surface area contributed by atoms with Crippen molar-refractivity contribution < 1.29 is 19.1 Å². The molecule has 0 aliphatic carbocycles. The maximum atomic E-state index is 12.7. The molecular formula is C23H22N2O4. The maximum absolute atomic E-state index is 12.7. The quantitative estimate of drug-likeness (QED) is 0.475. The van der Waals surface area contributed by atoms with Crippen molar-refractivity contribution >= 4 is 34.2 Å². The minimum absolute atomic E-state index is 0.233. The zero-order chi connectivity index (χ0) is 20.6. The number of ether oxygens (including phenoxy) is 1. The topological polar surface area (TPSA) is 84.5 Å². The number of esters is 1. The Morgan fingerprint density at radius 2 is 1.59 bits per heavy atom. The second-order valence-corrected chi connectivity index (χ2v) is 6.50. The third-order valence-corrected chi connectivity index (χ3v) is 4.50. The van der Waals surface area contributed by atoms with Crippen molar-refractivity contribution in [2.24, 2.45) is 0 Å². The number of hydrogen-bond acceptors (Lipinski definition) is 4. The fourth-order valence-corrected chi connectivity index (χ4v) is 2.95. The molecule has 0 bridgehead atoms. The average Bonchev–Trinajstić information content (AvgIpc) is 2.76. The number of methoxy groups -OCH3 is 1. The summed E-state index contributed by atoms with van der Waals surface area (Å²) in [6.07, 6.45) is 0.709. The monoisotopic (exact) mass is 390 g/mol. The normalized spacial score (nSPS) is 10.4. The Morgan fingerprint density at radius 1 is 0.862 bits per heavy atom. The predicted molar refractivity (Wildman–Crippen MR) is 112 cm³/mol. The van der Waals surface area contributed by atoms with Gasteiger partial charge in [-0.1, -0.05) is 42.5 Å². The number of carbonyl (C=O) groups excluding carboxylic acids is 3. The number of para-hydroxylation sites is 1. The highest BCUT2D eigenvalue weighted by Gasteiger charge is 2.14. The smallest absolute Gasteiger partial charge is 0.305 e. The van der Waals surface area contributed by atoms with Gasteiger partial charge in [0.05, 0.1) is 18.4 Å². The minimum atomic E-state index is -0.317. The zero-order valence-corrected chi connectivity index (χ0v) is 16.1. The molecule has 6 heteroatoms. The van der Waals surface area contributed by atoms with Gasteiger partial charge in [0.2, 0.25) is 0 Å². The highest BCUT2D eigenvalue weighted by molar-refractivity contribution is 6.10. The van der Waals surface area contributed by atoms with E-state index in [4.69, 9.17) is 0 Å². The molecule has 0 heterocycles. The summed E-state index contributed by atoms with van der Waals surface area (Å²) in [6.45, 7) is 0.334. The Bertz CT molecular complexity index is 1050. The summed E-state index contributed by atoms with van der Waals surface area (Å²) in [7, 11) is 1.33. The molecule has 3 aromatic rings. The SMILES string of the molecule is COC(=O)CCCNC(=O)c1ccccc1NC(=O)c1ccc2ccccc2c1. The van der Waals surface area contributed by atoms with Crippen LogP contribution in [0.3, 0.4) is 0 Å². The standard InChI is InChI=1S/C23H22N2O4/c1-29-21(26)11-6-14-24-23(28)19-9-4-5-10-20(19)25-22(27)18-13-12-16-7-2-3-8-17(16)15-18/h2-5,7-10,12-13,15H,6,11,14H2,1H3,(H,24,28)(H,25,27). The molecule has 0 aromatic heterocycles. The van der Waals surface area contributed by atoms with Gasteiger partial charge in [-0.05, 0) is 41.5 Å². The number of hydrogen-bond donors (Lipinski definition) is 2. The Hall–Kier alpha value is -3.67. The summed E-state index contributed by atoms with van der Waals surface area (Å²) in [5.74, 6) is -0.923. The van der Waals surface area contributed by atoms with Gasteiger partial charge in [-0.15, -0.1) is 0 Å². The Labute approximate surface area is 168 Å². The molecule has 29 heavy (non-hydrogen) atoms. The molecule has 0 unspecified atom stereocenters. The van der Waals surface area contributed by atoms with E-state index in [1.807, 2.05) is 36.4 Å². The first-order valence-electron chi connectivity index (χ1n) is 9.32. The van der Waals surface area contributed by atoms with Crippen molar-refractivity contribution in [1.29, 1.82) is 0 Å². The summed E-state index contributed by atoms with van der Waals surface area (Å²) in [5.41, 5.74) is 1.30. The minimum Gasteiger partial charge on any atom is -0.469 e. The van der Waals surface area contributed by atoms with E-state index in [-0.39, 0.29) is 24.2 Å². The fourth-order valence-electron chi connectivity index (χ4n) is 2.95. The zero-order valence-electron chi connectivity index (χ0n) is 16.1. The molecule has 0 radical (unpaired) electrons. The van der Waals surface area contributed by atoms with Crippen LogP contribution < -0.4 is 10.6 Å². The molecule has 0 fully saturated rings. The fraction of sp³-hybridized carbons (Fsp3) is 0.174. The molecule has 0 aliphatic rings. The van der Waals surface area contributed by atoms with Gasteiger partial charge in [-0.25, -0.2) is 0 Å². The first kappa shape index (κ1) is 20.1. The van der Waals surface area contributed by atoms with Crippen LogP contribution >= 0.6 is 0 Å². The highest BCUT2D eigenvalue weighted by atomic mass is 16.5. The van der Waals surface area contributed by atoms with Crippen LogP contribution in [0.4, 0.5) is 5.69 Å². The van der Waals surface area contributed by atoms with Crippen LogP contribution in [0.1, 0.15) is 33.6 Å². The van der Waals surface area contributed by atoms with E-state index in [0.29, 0.717) is 29.8 Å². The highest BCUT2D eigenvalue weighted by Crippen LogP contribution is 2.19. The van der Waals surface area contributed by atoms with Gasteiger partial charge in [-0.2, -0.15) is 0 Å². The average molecular weight is 390 g/mol. The third-order valence-electron chi connectivity index (χ3n) is 4.50. The van der Waals surface area contributed by atoms with Crippen molar-refractivity contribution in [2.45, 2.75) is 12.8 Å². The van der Waals surface area contributed by atoms with E-state index < -0.39 is 0 Å². The first-order valence-corrected chi connectivity index (χ1v) is 9.32. The molecule has 0 saturated heterocycles. The van der Waals surface area contributed by atoms with Crippen LogP contribution in [-0.2, 0) is 9.53 Å². The van der Waals surface area contributed by atoms with Crippen molar-refractivity contribution in [2.75, 3.05) is 19.0 Å². The van der Waals surface area contributed by atoms with Gasteiger partial charge in [0.1, 0.15) is 0 Å². The number of nitrogens with one attached hydrogen (secondary N) is 2. The summed E-state index contributed by atoms with van der Waals surface area (Å²) in [6, 6.07) is 20.1. The number of anilines is 1. The second-order valence-electron chi connectivity index (χ2n) is 6.50. The van der Waals surface area contributed by atoms with Crippen LogP contribution in [0.5, 0.6) is 0 Å². The molecule has 3 aromatic carbocycles. The molecule has 0 atom stereocenters. The number of amides is 2. The van der Waals surface area contributed by atoms with Crippen molar-refractivity contribution in [1.82, 2.24) is 5.32 Å². The molecule has 0 aliphatic heterocycles. The second kappa shape index (κ2) is 9.50. The first-order chi connectivity index (χ1) is 14.1. The molecule has 0 spiro atoms. The summed E-state index contributed by atoms with van der Waals surface area (Å²) in [4.78, 5) is 36.3. The van der Waals surface area contributed by atoms with E-state index >= 15 is 0 Å². The number of fused-ring (bicyclic) bond motifs is 1. The Balaban J connectivity index is 1.68. The summed E-state index contributed by atoms with van der Waals surface area (Å²) < 4.78 is 4.57. The lowest BCUT2D eigenvalue weighted by Gasteiger charge is -2.12. The molecule has 2 amide bonds. The van der Waals surface area contributed by atoms with Crippen LogP contribution in [0.2, 0.25) is 0 Å². The number of rotatable bonds is 7. The number of carbonyl (C=O) groups is 3. The van der Waals surface area contributed by atoms with E-state index in [1.54, 1.807) is 30.3 Å². The van der Waals surface area contributed by atoms with Crippen molar-refractivity contribution in [3.8, 4) is 0 Å². The van der Waals surface area contributed by atoms with Crippen molar-refractivity contribution in [3.05, 3.63) is 77.9 Å². The molecular weight excluding hydrogens is 368 g/mol. The third kappa shape index (κ3) is 5.19. The van der Waals surface area contributed by atoms with Gasteiger partial charge in [0.25, 0.3) is 11.8 Å².